The Bertz CT molecular complexity index is 637. The highest BCUT2D eigenvalue weighted by Crippen LogP contribution is 2.40. The van der Waals surface area contributed by atoms with Gasteiger partial charge in [0.15, 0.2) is 4.77 Å². The average Bonchev–Trinajstić information content (AvgIpc) is 2.86. The quantitative estimate of drug-likeness (QED) is 0.832. The van der Waals surface area contributed by atoms with E-state index in [0.29, 0.717) is 10.4 Å². The number of hydrogen-bond acceptors (Lipinski definition) is 2. The van der Waals surface area contributed by atoms with Crippen molar-refractivity contribution < 1.29 is 0 Å². The zero-order chi connectivity index (χ0) is 12.8. The van der Waals surface area contributed by atoms with Crippen molar-refractivity contribution in [3.8, 4) is 0 Å². The fourth-order valence-electron chi connectivity index (χ4n) is 3.00. The number of pyridine rings is 1. The lowest BCUT2D eigenvalue weighted by Crippen LogP contribution is -2.19. The number of fused-ring (bicyclic) bond motifs is 1. The highest BCUT2D eigenvalue weighted by Gasteiger charge is 2.30. The number of H-pyrrole nitrogens is 1. The molecule has 0 radical (unpaired) electrons. The van der Waals surface area contributed by atoms with Crippen molar-refractivity contribution in [2.45, 2.75) is 39.2 Å². The molecule has 5 heteroatoms. The maximum Gasteiger partial charge on any atom is 0.178 e. The van der Waals surface area contributed by atoms with E-state index in [-0.39, 0.29) is 0 Å². The molecule has 2 heterocycles. The molecule has 0 atom stereocenters. The highest BCUT2D eigenvalue weighted by molar-refractivity contribution is 7.71. The Labute approximate surface area is 116 Å². The SMILES string of the molecule is CC1(Cn2c(=S)[nH]c3cncc(Cl)c32)CCCC1. The fraction of sp³-hybridized carbons (Fsp3) is 0.538. The van der Waals surface area contributed by atoms with Crippen molar-refractivity contribution in [1.82, 2.24) is 14.5 Å². The summed E-state index contributed by atoms with van der Waals surface area (Å²) in [6.07, 6.45) is 8.64. The molecule has 0 bridgehead atoms. The lowest BCUT2D eigenvalue weighted by molar-refractivity contribution is 0.284. The first kappa shape index (κ1) is 12.2. The molecule has 96 valence electrons. The van der Waals surface area contributed by atoms with E-state index in [1.807, 2.05) is 0 Å². The van der Waals surface area contributed by atoms with Gasteiger partial charge in [-0.2, -0.15) is 0 Å². The number of aromatic nitrogens is 3. The number of halogens is 1. The second-order valence-corrected chi connectivity index (χ2v) is 6.35. The largest absolute Gasteiger partial charge is 0.329 e. The van der Waals surface area contributed by atoms with Crippen LogP contribution < -0.4 is 0 Å². The molecular weight excluding hydrogens is 266 g/mol. The van der Waals surface area contributed by atoms with Crippen LogP contribution in [0.5, 0.6) is 0 Å². The minimum absolute atomic E-state index is 0.347. The van der Waals surface area contributed by atoms with Gasteiger partial charge in [-0.3, -0.25) is 4.98 Å². The van der Waals surface area contributed by atoms with Crippen molar-refractivity contribution in [2.75, 3.05) is 0 Å². The second-order valence-electron chi connectivity index (χ2n) is 5.55. The maximum absolute atomic E-state index is 6.26. The summed E-state index contributed by atoms with van der Waals surface area (Å²) >= 11 is 11.7. The molecule has 0 unspecified atom stereocenters. The van der Waals surface area contributed by atoms with E-state index in [1.165, 1.54) is 25.7 Å². The van der Waals surface area contributed by atoms with E-state index in [2.05, 4.69) is 21.5 Å². The first-order valence-corrected chi connectivity index (χ1v) is 7.10. The van der Waals surface area contributed by atoms with E-state index in [9.17, 15) is 0 Å². The van der Waals surface area contributed by atoms with E-state index < -0.39 is 0 Å². The Morgan fingerprint density at radius 2 is 2.17 bits per heavy atom. The molecule has 1 aliphatic carbocycles. The summed E-state index contributed by atoms with van der Waals surface area (Å²) in [5.74, 6) is 0. The average molecular weight is 282 g/mol. The van der Waals surface area contributed by atoms with Gasteiger partial charge in [0.2, 0.25) is 0 Å². The minimum atomic E-state index is 0.347. The number of nitrogens with one attached hydrogen (secondary N) is 1. The molecule has 18 heavy (non-hydrogen) atoms. The fourth-order valence-corrected chi connectivity index (χ4v) is 3.52. The third-order valence-electron chi connectivity index (χ3n) is 3.98. The van der Waals surface area contributed by atoms with Gasteiger partial charge in [0.25, 0.3) is 0 Å². The third-order valence-corrected chi connectivity index (χ3v) is 4.58. The number of nitrogens with zero attached hydrogens (tertiary/aromatic N) is 2. The van der Waals surface area contributed by atoms with Crippen molar-refractivity contribution in [2.24, 2.45) is 5.41 Å². The van der Waals surface area contributed by atoms with Crippen LogP contribution in [0.4, 0.5) is 0 Å². The molecule has 3 rings (SSSR count). The summed E-state index contributed by atoms with van der Waals surface area (Å²) in [6.45, 7) is 3.28. The van der Waals surface area contributed by atoms with Crippen LogP contribution >= 0.6 is 23.8 Å². The monoisotopic (exact) mass is 281 g/mol. The molecule has 2 aromatic rings. The molecule has 1 N–H and O–H groups in total. The second kappa shape index (κ2) is 4.35. The van der Waals surface area contributed by atoms with E-state index in [1.54, 1.807) is 12.4 Å². The van der Waals surface area contributed by atoms with Crippen LogP contribution in [0.15, 0.2) is 12.4 Å². The van der Waals surface area contributed by atoms with Crippen LogP contribution in [0.2, 0.25) is 5.02 Å². The predicted molar refractivity (Wildman–Crippen MR) is 76.5 cm³/mol. The lowest BCUT2D eigenvalue weighted by atomic mass is 9.89. The van der Waals surface area contributed by atoms with Gasteiger partial charge in [0.1, 0.15) is 0 Å². The molecule has 0 amide bonds. The molecular formula is C13H16ClN3S. The van der Waals surface area contributed by atoms with Crippen LogP contribution in [0, 0.1) is 10.2 Å². The first-order chi connectivity index (χ1) is 8.59. The first-order valence-electron chi connectivity index (χ1n) is 6.31. The molecule has 1 fully saturated rings. The van der Waals surface area contributed by atoms with Crippen molar-refractivity contribution in [1.29, 1.82) is 0 Å². The number of imidazole rings is 1. The summed E-state index contributed by atoms with van der Waals surface area (Å²) in [6, 6.07) is 0. The smallest absolute Gasteiger partial charge is 0.178 e. The number of rotatable bonds is 2. The molecule has 3 nitrogen and oxygen atoms in total. The molecule has 1 saturated carbocycles. The third kappa shape index (κ3) is 1.97. The predicted octanol–water partition coefficient (Wildman–Crippen LogP) is 4.33. The van der Waals surface area contributed by atoms with Gasteiger partial charge in [-0.15, -0.1) is 0 Å². The molecule has 0 aliphatic heterocycles. The molecule has 2 aromatic heterocycles. The van der Waals surface area contributed by atoms with Gasteiger partial charge in [0, 0.05) is 12.7 Å². The van der Waals surface area contributed by atoms with Gasteiger partial charge >= 0.3 is 0 Å². The van der Waals surface area contributed by atoms with Crippen molar-refractivity contribution in [3.05, 3.63) is 22.2 Å². The summed E-state index contributed by atoms with van der Waals surface area (Å²) in [4.78, 5) is 7.28. The molecule has 0 saturated heterocycles. The number of hydrogen-bond donors (Lipinski definition) is 1. The van der Waals surface area contributed by atoms with E-state index in [4.69, 9.17) is 23.8 Å². The van der Waals surface area contributed by atoms with Crippen LogP contribution in [-0.4, -0.2) is 14.5 Å². The Hall–Kier alpha value is -0.870. The summed E-state index contributed by atoms with van der Waals surface area (Å²) in [5, 5.41) is 0.668. The Morgan fingerprint density at radius 3 is 2.89 bits per heavy atom. The normalized spacial score (nSPS) is 18.6. The summed E-state index contributed by atoms with van der Waals surface area (Å²) < 4.78 is 2.88. The zero-order valence-electron chi connectivity index (χ0n) is 10.4. The zero-order valence-corrected chi connectivity index (χ0v) is 11.9. The Morgan fingerprint density at radius 1 is 1.44 bits per heavy atom. The van der Waals surface area contributed by atoms with Crippen LogP contribution in [0.25, 0.3) is 11.0 Å². The van der Waals surface area contributed by atoms with Gasteiger partial charge < -0.3 is 9.55 Å². The Kier molecular flexibility index (Phi) is 2.94. The van der Waals surface area contributed by atoms with Crippen molar-refractivity contribution in [3.63, 3.8) is 0 Å². The van der Waals surface area contributed by atoms with Crippen LogP contribution in [-0.2, 0) is 6.54 Å². The molecule has 0 spiro atoms. The lowest BCUT2D eigenvalue weighted by Gasteiger charge is -2.24. The molecule has 1 aliphatic rings. The van der Waals surface area contributed by atoms with E-state index >= 15 is 0 Å². The Balaban J connectivity index is 2.11. The standard InChI is InChI=1S/C13H16ClN3S/c1-13(4-2-3-5-13)8-17-11-9(14)6-15-7-10(11)16-12(17)18/h6-7H,2-5,8H2,1H3,(H,16,18). The van der Waals surface area contributed by atoms with Gasteiger partial charge in [-0.05, 0) is 30.5 Å². The highest BCUT2D eigenvalue weighted by atomic mass is 35.5. The topological polar surface area (TPSA) is 33.6 Å². The van der Waals surface area contributed by atoms with E-state index in [0.717, 1.165) is 22.3 Å². The maximum atomic E-state index is 6.26. The van der Waals surface area contributed by atoms with Crippen LogP contribution in [0.3, 0.4) is 0 Å². The van der Waals surface area contributed by atoms with Gasteiger partial charge in [-0.1, -0.05) is 31.4 Å². The van der Waals surface area contributed by atoms with Gasteiger partial charge in [0.05, 0.1) is 22.3 Å². The minimum Gasteiger partial charge on any atom is -0.329 e. The molecule has 0 aromatic carbocycles. The van der Waals surface area contributed by atoms with Crippen molar-refractivity contribution >= 4 is 34.9 Å². The van der Waals surface area contributed by atoms with Crippen LogP contribution in [0.1, 0.15) is 32.6 Å². The van der Waals surface area contributed by atoms with Gasteiger partial charge in [-0.25, -0.2) is 0 Å². The number of aromatic amines is 1. The summed E-state index contributed by atoms with van der Waals surface area (Å²) in [7, 11) is 0. The summed E-state index contributed by atoms with van der Waals surface area (Å²) in [5.41, 5.74) is 2.26.